The number of nitro groups is 1. The third-order valence-electron chi connectivity index (χ3n) is 4.35. The summed E-state index contributed by atoms with van der Waals surface area (Å²) >= 11 is 0. The normalized spacial score (nSPS) is 17.3. The molecule has 1 atom stereocenters. The lowest BCUT2D eigenvalue weighted by molar-refractivity contribution is -0.384. The van der Waals surface area contributed by atoms with Crippen LogP contribution in [-0.4, -0.2) is 24.9 Å². The van der Waals surface area contributed by atoms with Crippen LogP contribution < -0.4 is 20.1 Å². The van der Waals surface area contributed by atoms with Crippen molar-refractivity contribution in [2.45, 2.75) is 6.10 Å². The molecule has 2 aromatic rings. The summed E-state index contributed by atoms with van der Waals surface area (Å²) in [5.41, 5.74) is 1.79. The molecule has 2 aliphatic heterocycles. The van der Waals surface area contributed by atoms with Crippen LogP contribution in [0.25, 0.3) is 0 Å². The van der Waals surface area contributed by atoms with Gasteiger partial charge in [0.05, 0.1) is 30.5 Å². The van der Waals surface area contributed by atoms with Crippen LogP contribution in [0.3, 0.4) is 0 Å². The highest BCUT2D eigenvalue weighted by Gasteiger charge is 2.39. The molecule has 2 aliphatic rings. The number of nitrogens with one attached hydrogen (secondary N) is 2. The van der Waals surface area contributed by atoms with Crippen LogP contribution >= 0.6 is 0 Å². The number of carbonyl (C=O) groups excluding carboxylic acids is 1. The molecule has 0 aliphatic carbocycles. The predicted octanol–water partition coefficient (Wildman–Crippen LogP) is 2.96. The second-order valence-corrected chi connectivity index (χ2v) is 5.95. The van der Waals surface area contributed by atoms with Gasteiger partial charge in [-0.25, -0.2) is 0 Å². The number of hydrogen-bond donors (Lipinski definition) is 2. The van der Waals surface area contributed by atoms with Gasteiger partial charge in [0.2, 0.25) is 11.7 Å². The van der Waals surface area contributed by atoms with E-state index in [0.717, 1.165) is 0 Å². The van der Waals surface area contributed by atoms with Crippen LogP contribution in [-0.2, 0) is 9.53 Å². The lowest BCUT2D eigenvalue weighted by Crippen LogP contribution is -2.18. The first-order valence-corrected chi connectivity index (χ1v) is 8.00. The maximum Gasteiger partial charge on any atom is 0.271 e. The number of rotatable bonds is 4. The summed E-state index contributed by atoms with van der Waals surface area (Å²) in [4.78, 5) is 23.3. The Bertz CT molecular complexity index is 978. The van der Waals surface area contributed by atoms with Gasteiger partial charge in [-0.15, -0.1) is 0 Å². The molecule has 0 bridgehead atoms. The van der Waals surface area contributed by atoms with Gasteiger partial charge >= 0.3 is 0 Å². The van der Waals surface area contributed by atoms with Gasteiger partial charge in [-0.1, -0.05) is 0 Å². The number of methoxy groups -OCH3 is 2. The molecule has 2 heterocycles. The van der Waals surface area contributed by atoms with E-state index in [4.69, 9.17) is 14.2 Å². The molecule has 0 saturated heterocycles. The molecular formula is C18H15N3O6. The third kappa shape index (κ3) is 2.78. The minimum Gasteiger partial charge on any atom is -0.497 e. The fourth-order valence-corrected chi connectivity index (χ4v) is 3.00. The van der Waals surface area contributed by atoms with Crippen LogP contribution in [0.4, 0.5) is 17.1 Å². The highest BCUT2D eigenvalue weighted by atomic mass is 16.6. The van der Waals surface area contributed by atoms with E-state index in [0.29, 0.717) is 28.4 Å². The molecule has 0 radical (unpaired) electrons. The zero-order valence-corrected chi connectivity index (χ0v) is 14.4. The van der Waals surface area contributed by atoms with Gasteiger partial charge in [0.1, 0.15) is 17.2 Å². The van der Waals surface area contributed by atoms with Crippen molar-refractivity contribution < 1.29 is 23.9 Å². The summed E-state index contributed by atoms with van der Waals surface area (Å²) in [5.74, 6) is 1.02. The fraction of sp³-hybridized carbons (Fsp3) is 0.167. The Labute approximate surface area is 153 Å². The van der Waals surface area contributed by atoms with Crippen molar-refractivity contribution >= 4 is 22.8 Å². The molecule has 27 heavy (non-hydrogen) atoms. The van der Waals surface area contributed by atoms with Crippen molar-refractivity contribution in [2.24, 2.45) is 0 Å². The zero-order valence-electron chi connectivity index (χ0n) is 14.4. The van der Waals surface area contributed by atoms with Crippen LogP contribution in [0.1, 0.15) is 11.7 Å². The van der Waals surface area contributed by atoms with E-state index in [2.05, 4.69) is 10.6 Å². The Kier molecular flexibility index (Phi) is 3.84. The Hall–Kier alpha value is -3.75. The Morgan fingerprint density at radius 3 is 2.37 bits per heavy atom. The van der Waals surface area contributed by atoms with Crippen LogP contribution in [0.2, 0.25) is 0 Å². The average Bonchev–Trinajstić information content (AvgIpc) is 3.01. The number of carbonyl (C=O) groups is 1. The molecule has 9 nitrogen and oxygen atoms in total. The Morgan fingerprint density at radius 2 is 1.74 bits per heavy atom. The SMILES string of the molecule is COc1cc(OC)cc([C@@H]2OC3=C(Nc4ccc([N+](=O)[O-])cc4N3)C2=O)c1. The van der Waals surface area contributed by atoms with Gasteiger partial charge in [0.15, 0.2) is 6.10 Å². The van der Waals surface area contributed by atoms with Crippen molar-refractivity contribution in [3.8, 4) is 11.5 Å². The van der Waals surface area contributed by atoms with Gasteiger partial charge in [0, 0.05) is 23.8 Å². The summed E-state index contributed by atoms with van der Waals surface area (Å²) in [6.45, 7) is 0. The molecule has 0 unspecified atom stereocenters. The molecule has 9 heteroatoms. The van der Waals surface area contributed by atoms with Crippen molar-refractivity contribution in [2.75, 3.05) is 24.9 Å². The van der Waals surface area contributed by atoms with Crippen LogP contribution in [0.15, 0.2) is 48.0 Å². The van der Waals surface area contributed by atoms with Crippen LogP contribution in [0.5, 0.6) is 11.5 Å². The minimum absolute atomic E-state index is 0.0643. The van der Waals surface area contributed by atoms with Crippen molar-refractivity contribution in [3.63, 3.8) is 0 Å². The van der Waals surface area contributed by atoms with Gasteiger partial charge < -0.3 is 24.8 Å². The second kappa shape index (κ2) is 6.20. The standard InChI is InChI=1S/C18H15N3O6/c1-25-11-5-9(6-12(8-11)26-2)17-16(22)15-18(27-17)20-14-7-10(21(23)24)3-4-13(14)19-15/h3-8,17,19-20H,1-2H3/t17-/m0/s1. The van der Waals surface area contributed by atoms with Gasteiger partial charge in [-0.3, -0.25) is 14.9 Å². The number of nitro benzene ring substituents is 1. The Balaban J connectivity index is 1.65. The highest BCUT2D eigenvalue weighted by Crippen LogP contribution is 2.41. The lowest BCUT2D eigenvalue weighted by atomic mass is 10.0. The number of hydrogen-bond acceptors (Lipinski definition) is 8. The number of benzene rings is 2. The smallest absolute Gasteiger partial charge is 0.271 e. The highest BCUT2D eigenvalue weighted by molar-refractivity contribution is 6.06. The summed E-state index contributed by atoms with van der Waals surface area (Å²) in [5, 5.41) is 16.9. The number of fused-ring (bicyclic) bond motifs is 1. The average molecular weight is 369 g/mol. The third-order valence-corrected chi connectivity index (χ3v) is 4.35. The first-order valence-electron chi connectivity index (χ1n) is 8.00. The molecule has 0 saturated carbocycles. The first-order chi connectivity index (χ1) is 13.0. The van der Waals surface area contributed by atoms with E-state index < -0.39 is 11.0 Å². The number of Topliss-reactive ketones (excluding diaryl/α,β-unsaturated/α-hetero) is 1. The van der Waals surface area contributed by atoms with E-state index in [1.807, 2.05) is 0 Å². The number of ketones is 1. The number of ether oxygens (including phenoxy) is 3. The largest absolute Gasteiger partial charge is 0.497 e. The molecule has 2 aromatic carbocycles. The summed E-state index contributed by atoms with van der Waals surface area (Å²) in [6.07, 6.45) is -0.886. The summed E-state index contributed by atoms with van der Waals surface area (Å²) in [6, 6.07) is 9.37. The van der Waals surface area contributed by atoms with E-state index in [1.54, 1.807) is 24.3 Å². The van der Waals surface area contributed by atoms with Crippen LogP contribution in [0, 0.1) is 10.1 Å². The molecule has 0 fully saturated rings. The van der Waals surface area contributed by atoms with Crippen molar-refractivity contribution in [1.29, 1.82) is 0 Å². The number of nitrogens with zero attached hydrogens (tertiary/aromatic N) is 1. The molecule has 0 amide bonds. The molecule has 0 spiro atoms. The summed E-state index contributed by atoms with van der Waals surface area (Å²) < 4.78 is 16.3. The quantitative estimate of drug-likeness (QED) is 0.625. The topological polar surface area (TPSA) is 112 Å². The predicted molar refractivity (Wildman–Crippen MR) is 95.7 cm³/mol. The van der Waals surface area contributed by atoms with E-state index in [9.17, 15) is 14.9 Å². The fourth-order valence-electron chi connectivity index (χ4n) is 3.00. The summed E-state index contributed by atoms with van der Waals surface area (Å²) in [7, 11) is 3.04. The maximum absolute atomic E-state index is 12.8. The minimum atomic E-state index is -0.886. The Morgan fingerprint density at radius 1 is 1.04 bits per heavy atom. The monoisotopic (exact) mass is 369 g/mol. The van der Waals surface area contributed by atoms with E-state index in [-0.39, 0.29) is 23.1 Å². The van der Waals surface area contributed by atoms with Gasteiger partial charge in [-0.2, -0.15) is 0 Å². The maximum atomic E-state index is 12.8. The lowest BCUT2D eigenvalue weighted by Gasteiger charge is -2.19. The van der Waals surface area contributed by atoms with Gasteiger partial charge in [0.25, 0.3) is 5.69 Å². The number of anilines is 2. The molecule has 0 aromatic heterocycles. The van der Waals surface area contributed by atoms with E-state index in [1.165, 1.54) is 26.4 Å². The van der Waals surface area contributed by atoms with Crippen molar-refractivity contribution in [1.82, 2.24) is 0 Å². The molecule has 4 rings (SSSR count). The second-order valence-electron chi connectivity index (χ2n) is 5.95. The first kappa shape index (κ1) is 16.7. The van der Waals surface area contributed by atoms with Crippen molar-refractivity contribution in [3.05, 3.63) is 63.7 Å². The molecular weight excluding hydrogens is 354 g/mol. The number of non-ortho nitro benzene ring substituents is 1. The van der Waals surface area contributed by atoms with E-state index >= 15 is 0 Å². The molecule has 138 valence electrons. The van der Waals surface area contributed by atoms with Gasteiger partial charge in [-0.05, 0) is 18.2 Å². The zero-order chi connectivity index (χ0) is 19.1. The molecule has 2 N–H and O–H groups in total.